The fourth-order valence-electron chi connectivity index (χ4n) is 3.32. The molecule has 0 heterocycles. The van der Waals surface area contributed by atoms with E-state index in [1.54, 1.807) is 18.4 Å². The SMILES string of the molecule is CN(C)S(=O)NC1CCC(C)(c2cc(F)ccc2F)CC1CO. The Morgan fingerprint density at radius 1 is 1.43 bits per heavy atom. The Balaban J connectivity index is 2.19. The van der Waals surface area contributed by atoms with E-state index in [2.05, 4.69) is 4.72 Å². The van der Waals surface area contributed by atoms with Gasteiger partial charge in [0.2, 0.25) is 0 Å². The van der Waals surface area contributed by atoms with Crippen LogP contribution in [0.15, 0.2) is 18.2 Å². The van der Waals surface area contributed by atoms with E-state index in [4.69, 9.17) is 0 Å². The molecule has 2 N–H and O–H groups in total. The molecule has 4 atom stereocenters. The van der Waals surface area contributed by atoms with Gasteiger partial charge < -0.3 is 5.11 Å². The summed E-state index contributed by atoms with van der Waals surface area (Å²) < 4.78 is 44.2. The van der Waals surface area contributed by atoms with Crippen molar-refractivity contribution in [2.24, 2.45) is 5.92 Å². The average molecular weight is 346 g/mol. The van der Waals surface area contributed by atoms with Crippen molar-refractivity contribution < 1.29 is 18.1 Å². The highest BCUT2D eigenvalue weighted by atomic mass is 32.2. The maximum Gasteiger partial charge on any atom is 0.169 e. The van der Waals surface area contributed by atoms with Gasteiger partial charge in [0.25, 0.3) is 0 Å². The molecular formula is C16H24F2N2O2S. The summed E-state index contributed by atoms with van der Waals surface area (Å²) in [6, 6.07) is 3.39. The number of aliphatic hydroxyl groups excluding tert-OH is 1. The van der Waals surface area contributed by atoms with E-state index in [0.29, 0.717) is 24.8 Å². The first-order valence-electron chi connectivity index (χ1n) is 7.68. The summed E-state index contributed by atoms with van der Waals surface area (Å²) in [5, 5.41) is 9.70. The standard InChI is InChI=1S/C16H24F2N2O2S/c1-16(13-8-12(17)4-5-14(13)18)7-6-15(11(9-16)10-21)19-23(22)20(2)3/h4-5,8,11,15,19,21H,6-7,9-10H2,1-3H3. The van der Waals surface area contributed by atoms with Crippen LogP contribution in [-0.2, 0) is 16.6 Å². The number of benzene rings is 1. The van der Waals surface area contributed by atoms with Crippen LogP contribution in [0.25, 0.3) is 0 Å². The van der Waals surface area contributed by atoms with Gasteiger partial charge in [0.05, 0.1) is 0 Å². The molecule has 130 valence electrons. The molecule has 1 saturated carbocycles. The summed E-state index contributed by atoms with van der Waals surface area (Å²) in [7, 11) is 3.40. The Hall–Kier alpha value is -0.890. The van der Waals surface area contributed by atoms with Crippen LogP contribution in [-0.4, -0.2) is 40.4 Å². The molecule has 1 aromatic rings. The van der Waals surface area contributed by atoms with Gasteiger partial charge in [-0.2, -0.15) is 0 Å². The highest BCUT2D eigenvalue weighted by Crippen LogP contribution is 2.43. The zero-order chi connectivity index (χ0) is 17.2. The minimum Gasteiger partial charge on any atom is -0.396 e. The van der Waals surface area contributed by atoms with Gasteiger partial charge in [-0.05, 0) is 54.4 Å². The zero-order valence-corrected chi connectivity index (χ0v) is 14.5. The van der Waals surface area contributed by atoms with Crippen LogP contribution in [0, 0.1) is 17.6 Å². The van der Waals surface area contributed by atoms with Crippen molar-refractivity contribution in [1.82, 2.24) is 9.03 Å². The number of rotatable bonds is 5. The van der Waals surface area contributed by atoms with Gasteiger partial charge >= 0.3 is 0 Å². The van der Waals surface area contributed by atoms with E-state index in [1.807, 2.05) is 6.92 Å². The molecule has 4 unspecified atom stereocenters. The van der Waals surface area contributed by atoms with Gasteiger partial charge in [-0.3, -0.25) is 0 Å². The smallest absolute Gasteiger partial charge is 0.169 e. The van der Waals surface area contributed by atoms with Crippen molar-refractivity contribution in [1.29, 1.82) is 0 Å². The molecule has 0 saturated heterocycles. The zero-order valence-electron chi connectivity index (χ0n) is 13.7. The summed E-state index contributed by atoms with van der Waals surface area (Å²) in [4.78, 5) is 0. The largest absolute Gasteiger partial charge is 0.396 e. The van der Waals surface area contributed by atoms with Crippen molar-refractivity contribution in [3.8, 4) is 0 Å². The molecule has 1 aliphatic rings. The Kier molecular flexibility index (Phi) is 5.89. The van der Waals surface area contributed by atoms with Gasteiger partial charge in [0, 0.05) is 26.7 Å². The van der Waals surface area contributed by atoms with E-state index < -0.39 is 28.2 Å². The van der Waals surface area contributed by atoms with E-state index >= 15 is 0 Å². The quantitative estimate of drug-likeness (QED) is 0.858. The van der Waals surface area contributed by atoms with E-state index in [1.165, 1.54) is 6.07 Å². The topological polar surface area (TPSA) is 52.6 Å². The summed E-state index contributed by atoms with van der Waals surface area (Å²) >= 11 is -1.33. The predicted octanol–water partition coefficient (Wildman–Crippen LogP) is 2.11. The van der Waals surface area contributed by atoms with Crippen molar-refractivity contribution >= 4 is 11.2 Å². The Bertz CT molecular complexity index is 585. The number of nitrogens with one attached hydrogen (secondary N) is 1. The predicted molar refractivity (Wildman–Crippen MR) is 86.9 cm³/mol. The highest BCUT2D eigenvalue weighted by molar-refractivity contribution is 7.80. The molecule has 0 aliphatic heterocycles. The first-order chi connectivity index (χ1) is 10.8. The first kappa shape index (κ1) is 18.4. The number of hydrogen-bond donors (Lipinski definition) is 2. The van der Waals surface area contributed by atoms with Crippen LogP contribution in [0.4, 0.5) is 8.78 Å². The molecule has 1 aliphatic carbocycles. The number of aliphatic hydroxyl groups is 1. The summed E-state index contributed by atoms with van der Waals surface area (Å²) in [5.41, 5.74) is -0.194. The highest BCUT2D eigenvalue weighted by Gasteiger charge is 2.40. The Labute approximate surface area is 138 Å². The lowest BCUT2D eigenvalue weighted by Gasteiger charge is -2.42. The summed E-state index contributed by atoms with van der Waals surface area (Å²) in [5.74, 6) is -1.05. The van der Waals surface area contributed by atoms with E-state index in [9.17, 15) is 18.1 Å². The molecule has 2 rings (SSSR count). The van der Waals surface area contributed by atoms with Crippen molar-refractivity contribution in [3.05, 3.63) is 35.4 Å². The number of nitrogens with zero attached hydrogens (tertiary/aromatic N) is 1. The fourth-order valence-corrected chi connectivity index (χ4v) is 4.10. The van der Waals surface area contributed by atoms with E-state index in [-0.39, 0.29) is 18.6 Å². The van der Waals surface area contributed by atoms with Crippen LogP contribution < -0.4 is 4.72 Å². The molecule has 0 aromatic heterocycles. The third-order valence-electron chi connectivity index (χ3n) is 4.69. The maximum atomic E-state index is 14.1. The van der Waals surface area contributed by atoms with Crippen LogP contribution in [0.2, 0.25) is 0 Å². The molecule has 0 amide bonds. The second-order valence-corrected chi connectivity index (χ2v) is 8.12. The molecular weight excluding hydrogens is 322 g/mol. The third kappa shape index (κ3) is 4.15. The summed E-state index contributed by atoms with van der Waals surface area (Å²) in [6.45, 7) is 1.81. The van der Waals surface area contributed by atoms with Crippen molar-refractivity contribution in [2.45, 2.75) is 37.6 Å². The lowest BCUT2D eigenvalue weighted by molar-refractivity contribution is 0.121. The molecule has 1 fully saturated rings. The van der Waals surface area contributed by atoms with Crippen LogP contribution in [0.1, 0.15) is 31.7 Å². The summed E-state index contributed by atoms with van der Waals surface area (Å²) in [6.07, 6.45) is 1.77. The molecule has 0 radical (unpaired) electrons. The van der Waals surface area contributed by atoms with E-state index in [0.717, 1.165) is 12.1 Å². The van der Waals surface area contributed by atoms with Crippen LogP contribution in [0.5, 0.6) is 0 Å². The maximum absolute atomic E-state index is 14.1. The Morgan fingerprint density at radius 2 is 2.13 bits per heavy atom. The third-order valence-corrected chi connectivity index (χ3v) is 5.85. The lowest BCUT2D eigenvalue weighted by atomic mass is 9.65. The molecule has 1 aromatic carbocycles. The molecule has 0 spiro atoms. The minimum atomic E-state index is -1.33. The molecule has 7 heteroatoms. The van der Waals surface area contributed by atoms with Crippen molar-refractivity contribution in [3.63, 3.8) is 0 Å². The molecule has 0 bridgehead atoms. The second kappa shape index (κ2) is 7.34. The first-order valence-corrected chi connectivity index (χ1v) is 8.79. The number of halogens is 2. The van der Waals surface area contributed by atoms with Crippen LogP contribution >= 0.6 is 0 Å². The second-order valence-electron chi connectivity index (χ2n) is 6.66. The molecule has 4 nitrogen and oxygen atoms in total. The van der Waals surface area contributed by atoms with Gasteiger partial charge in [-0.15, -0.1) is 0 Å². The lowest BCUT2D eigenvalue weighted by Crippen LogP contribution is -2.49. The molecule has 23 heavy (non-hydrogen) atoms. The fraction of sp³-hybridized carbons (Fsp3) is 0.625. The van der Waals surface area contributed by atoms with Gasteiger partial charge in [-0.1, -0.05) is 6.92 Å². The normalized spacial score (nSPS) is 29.7. The average Bonchev–Trinajstić information content (AvgIpc) is 2.51. The van der Waals surface area contributed by atoms with Gasteiger partial charge in [0.15, 0.2) is 11.2 Å². The van der Waals surface area contributed by atoms with Crippen molar-refractivity contribution in [2.75, 3.05) is 20.7 Å². The minimum absolute atomic E-state index is 0.0885. The number of hydrogen-bond acceptors (Lipinski definition) is 2. The van der Waals surface area contributed by atoms with Gasteiger partial charge in [0.1, 0.15) is 11.6 Å². The Morgan fingerprint density at radius 3 is 2.74 bits per heavy atom. The van der Waals surface area contributed by atoms with Crippen LogP contribution in [0.3, 0.4) is 0 Å². The monoisotopic (exact) mass is 346 g/mol. The van der Waals surface area contributed by atoms with Gasteiger partial charge in [-0.25, -0.2) is 22.0 Å².